The Morgan fingerprint density at radius 3 is 2.33 bits per heavy atom. The third-order valence-corrected chi connectivity index (χ3v) is 4.81. The fourth-order valence-electron chi connectivity index (χ4n) is 3.05. The molecule has 3 rings (SSSR count). The Bertz CT molecular complexity index is 902. The zero-order valence-corrected chi connectivity index (χ0v) is 19.5. The molecule has 2 aromatic rings. The standard InChI is InChI=1S/C18H17FN4O.C5H13N.CH3NO/c1-22(23-11-14-4-2-3-5-15(14)12-23)18(24)10-21-17-8-13(9-20)6-7-16(17)19;1-3-5-6-4-2;2-1-3/h2-8,21H,10-12H2,1H3;6H,3-5H2,1-2H3;1H,(H2,2,3). The van der Waals surface area contributed by atoms with Crippen LogP contribution in [-0.4, -0.2) is 49.0 Å². The summed E-state index contributed by atoms with van der Waals surface area (Å²) in [7, 11) is 1.71. The van der Waals surface area contributed by atoms with Gasteiger partial charge in [-0.2, -0.15) is 5.26 Å². The van der Waals surface area contributed by atoms with Gasteiger partial charge >= 0.3 is 0 Å². The highest BCUT2D eigenvalue weighted by atomic mass is 19.1. The molecule has 1 heterocycles. The van der Waals surface area contributed by atoms with Gasteiger partial charge in [-0.05, 0) is 48.8 Å². The molecule has 9 heteroatoms. The van der Waals surface area contributed by atoms with Gasteiger partial charge in [-0.3, -0.25) is 14.6 Å². The Kier molecular flexibility index (Phi) is 12.8. The van der Waals surface area contributed by atoms with E-state index in [9.17, 15) is 9.18 Å². The van der Waals surface area contributed by atoms with Crippen molar-refractivity contribution in [2.24, 2.45) is 5.73 Å². The van der Waals surface area contributed by atoms with Crippen molar-refractivity contribution in [1.29, 1.82) is 5.26 Å². The Morgan fingerprint density at radius 1 is 1.24 bits per heavy atom. The Morgan fingerprint density at radius 2 is 1.85 bits per heavy atom. The molecule has 0 atom stereocenters. The average Bonchev–Trinajstić information content (AvgIpc) is 3.27. The summed E-state index contributed by atoms with van der Waals surface area (Å²) < 4.78 is 13.7. The molecule has 0 saturated carbocycles. The van der Waals surface area contributed by atoms with Crippen LogP contribution in [0.25, 0.3) is 0 Å². The summed E-state index contributed by atoms with van der Waals surface area (Å²) in [6.07, 6.45) is 1.49. The van der Waals surface area contributed by atoms with Gasteiger partial charge in [0.25, 0.3) is 5.91 Å². The van der Waals surface area contributed by atoms with Crippen LogP contribution < -0.4 is 16.4 Å². The number of nitrogens with zero attached hydrogens (tertiary/aromatic N) is 3. The van der Waals surface area contributed by atoms with Crippen molar-refractivity contribution in [2.45, 2.75) is 33.4 Å². The predicted octanol–water partition coefficient (Wildman–Crippen LogP) is 2.61. The number of nitrogens with two attached hydrogens (primary N) is 1. The van der Waals surface area contributed by atoms with Crippen LogP contribution in [0.15, 0.2) is 42.5 Å². The molecule has 0 fully saturated rings. The molecule has 2 amide bonds. The minimum absolute atomic E-state index is 0.0465. The van der Waals surface area contributed by atoms with Crippen LogP contribution >= 0.6 is 0 Å². The van der Waals surface area contributed by atoms with Crippen LogP contribution in [0.2, 0.25) is 0 Å². The topological polar surface area (TPSA) is 114 Å². The van der Waals surface area contributed by atoms with Gasteiger partial charge in [0.2, 0.25) is 6.41 Å². The Balaban J connectivity index is 0.000000518. The molecule has 0 saturated heterocycles. The molecule has 1 aliphatic rings. The molecule has 0 aromatic heterocycles. The van der Waals surface area contributed by atoms with E-state index in [1.165, 1.54) is 35.7 Å². The van der Waals surface area contributed by atoms with Gasteiger partial charge in [0.05, 0.1) is 23.9 Å². The number of carbonyl (C=O) groups excluding carboxylic acids is 2. The first kappa shape index (κ1) is 27.6. The average molecular weight is 457 g/mol. The lowest BCUT2D eigenvalue weighted by molar-refractivity contribution is -0.144. The van der Waals surface area contributed by atoms with E-state index in [1.54, 1.807) is 12.1 Å². The van der Waals surface area contributed by atoms with E-state index in [4.69, 9.17) is 10.1 Å². The summed E-state index contributed by atoms with van der Waals surface area (Å²) in [5, 5.41) is 18.3. The molecular formula is C24H33FN6O2. The van der Waals surface area contributed by atoms with Crippen molar-refractivity contribution >= 4 is 18.0 Å². The second-order valence-corrected chi connectivity index (χ2v) is 7.16. The van der Waals surface area contributed by atoms with Gasteiger partial charge < -0.3 is 16.4 Å². The fraction of sp³-hybridized carbons (Fsp3) is 0.375. The number of halogens is 1. The normalized spacial score (nSPS) is 11.6. The SMILES string of the molecule is CCCNCC.CN(C(=O)CNc1cc(C#N)ccc1F)N1Cc2ccccc2C1.NC=O. The van der Waals surface area contributed by atoms with Crippen molar-refractivity contribution in [1.82, 2.24) is 15.3 Å². The number of primary amides is 1. The van der Waals surface area contributed by atoms with Crippen LogP contribution in [0.4, 0.5) is 10.1 Å². The highest BCUT2D eigenvalue weighted by Gasteiger charge is 2.24. The van der Waals surface area contributed by atoms with Gasteiger partial charge in [-0.15, -0.1) is 0 Å². The molecule has 2 aromatic carbocycles. The highest BCUT2D eigenvalue weighted by molar-refractivity contribution is 5.80. The number of hydrogen-bond acceptors (Lipinski definition) is 6. The molecule has 8 nitrogen and oxygen atoms in total. The lowest BCUT2D eigenvalue weighted by Gasteiger charge is -2.28. The number of anilines is 1. The number of likely N-dealkylation sites (N-methyl/N-ethyl adjacent to an activating group) is 1. The smallest absolute Gasteiger partial charge is 0.255 e. The number of fused-ring (bicyclic) bond motifs is 1. The predicted molar refractivity (Wildman–Crippen MR) is 127 cm³/mol. The maximum Gasteiger partial charge on any atom is 0.255 e. The minimum atomic E-state index is -0.488. The van der Waals surface area contributed by atoms with Crippen molar-refractivity contribution in [3.8, 4) is 6.07 Å². The van der Waals surface area contributed by atoms with Gasteiger partial charge in [0.15, 0.2) is 0 Å². The first-order valence-corrected chi connectivity index (χ1v) is 10.8. The summed E-state index contributed by atoms with van der Waals surface area (Å²) in [5.74, 6) is -0.664. The quantitative estimate of drug-likeness (QED) is 0.436. The number of hydrogen-bond donors (Lipinski definition) is 3. The number of hydrazine groups is 1. The summed E-state index contributed by atoms with van der Waals surface area (Å²) in [6.45, 7) is 7.87. The molecule has 0 bridgehead atoms. The van der Waals surface area contributed by atoms with E-state index < -0.39 is 5.82 Å². The van der Waals surface area contributed by atoms with Crippen molar-refractivity contribution < 1.29 is 14.0 Å². The van der Waals surface area contributed by atoms with E-state index in [0.29, 0.717) is 18.7 Å². The molecule has 0 spiro atoms. The van der Waals surface area contributed by atoms with E-state index >= 15 is 0 Å². The summed E-state index contributed by atoms with van der Waals surface area (Å²) in [4.78, 5) is 20.9. The largest absolute Gasteiger partial charge is 0.374 e. The molecule has 178 valence electrons. The highest BCUT2D eigenvalue weighted by Crippen LogP contribution is 2.23. The third kappa shape index (κ3) is 9.27. The Labute approximate surface area is 195 Å². The van der Waals surface area contributed by atoms with Crippen LogP contribution in [-0.2, 0) is 22.7 Å². The molecule has 0 aliphatic carbocycles. The van der Waals surface area contributed by atoms with Crippen molar-refractivity contribution in [3.05, 3.63) is 65.0 Å². The first-order chi connectivity index (χ1) is 15.9. The molecule has 0 radical (unpaired) electrons. The third-order valence-electron chi connectivity index (χ3n) is 4.81. The number of rotatable bonds is 7. The maximum atomic E-state index is 13.7. The Hall–Kier alpha value is -3.48. The van der Waals surface area contributed by atoms with Crippen molar-refractivity contribution in [3.63, 3.8) is 0 Å². The molecule has 33 heavy (non-hydrogen) atoms. The number of nitriles is 1. The summed E-state index contributed by atoms with van der Waals surface area (Å²) in [6, 6.07) is 14.0. The number of carbonyl (C=O) groups is 2. The lowest BCUT2D eigenvalue weighted by atomic mass is 10.1. The zero-order chi connectivity index (χ0) is 24.6. The van der Waals surface area contributed by atoms with Crippen LogP contribution in [0.3, 0.4) is 0 Å². The maximum absolute atomic E-state index is 13.7. The van der Waals surface area contributed by atoms with E-state index in [0.717, 1.165) is 13.1 Å². The van der Waals surface area contributed by atoms with Crippen LogP contribution in [0.5, 0.6) is 0 Å². The first-order valence-electron chi connectivity index (χ1n) is 10.8. The van der Waals surface area contributed by atoms with E-state index in [2.05, 4.69) is 42.3 Å². The zero-order valence-electron chi connectivity index (χ0n) is 19.5. The second-order valence-electron chi connectivity index (χ2n) is 7.16. The minimum Gasteiger partial charge on any atom is -0.374 e. The molecular weight excluding hydrogens is 423 g/mol. The van der Waals surface area contributed by atoms with Gasteiger partial charge in [0, 0.05) is 20.1 Å². The van der Waals surface area contributed by atoms with Crippen LogP contribution in [0.1, 0.15) is 37.0 Å². The van der Waals surface area contributed by atoms with Crippen molar-refractivity contribution in [2.75, 3.05) is 32.0 Å². The van der Waals surface area contributed by atoms with E-state index in [1.807, 2.05) is 23.2 Å². The monoisotopic (exact) mass is 456 g/mol. The van der Waals surface area contributed by atoms with Gasteiger partial charge in [-0.25, -0.2) is 9.40 Å². The van der Waals surface area contributed by atoms with Gasteiger partial charge in [0.1, 0.15) is 5.82 Å². The molecule has 1 aliphatic heterocycles. The summed E-state index contributed by atoms with van der Waals surface area (Å²) in [5.41, 5.74) is 7.07. The molecule has 0 unspecified atom stereocenters. The molecule has 4 N–H and O–H groups in total. The number of nitrogens with one attached hydrogen (secondary N) is 2. The summed E-state index contributed by atoms with van der Waals surface area (Å²) >= 11 is 0. The van der Waals surface area contributed by atoms with Gasteiger partial charge in [-0.1, -0.05) is 38.1 Å². The number of amides is 2. The number of benzene rings is 2. The fourth-order valence-corrected chi connectivity index (χ4v) is 3.05. The second kappa shape index (κ2) is 15.3. The lowest BCUT2D eigenvalue weighted by Crippen LogP contribution is -2.43. The van der Waals surface area contributed by atoms with Crippen LogP contribution in [0, 0.1) is 17.1 Å². The van der Waals surface area contributed by atoms with E-state index in [-0.39, 0.29) is 24.5 Å².